The van der Waals surface area contributed by atoms with Gasteiger partial charge in [0.05, 0.1) is 18.2 Å². The van der Waals surface area contributed by atoms with E-state index in [-0.39, 0.29) is 5.75 Å². The summed E-state index contributed by atoms with van der Waals surface area (Å²) >= 11 is 0. The van der Waals surface area contributed by atoms with E-state index in [2.05, 4.69) is 0 Å². The minimum Gasteiger partial charge on any atom is -0.479 e. The summed E-state index contributed by atoms with van der Waals surface area (Å²) in [6, 6.07) is 12.2. The van der Waals surface area contributed by atoms with Crippen LogP contribution in [0, 0.1) is 11.3 Å². The van der Waals surface area contributed by atoms with Crippen molar-refractivity contribution in [1.82, 2.24) is 0 Å². The van der Waals surface area contributed by atoms with E-state index < -0.39 is 12.6 Å². The molecule has 0 unspecified atom stereocenters. The van der Waals surface area contributed by atoms with Crippen LogP contribution in [0.1, 0.15) is 11.1 Å². The van der Waals surface area contributed by atoms with Crippen LogP contribution in [0.4, 0.5) is 0 Å². The summed E-state index contributed by atoms with van der Waals surface area (Å²) in [6.45, 7) is 0.0333. The number of hydrogen-bond donors (Lipinski definition) is 1. The van der Waals surface area contributed by atoms with Crippen LogP contribution in [0.3, 0.4) is 0 Å². The Morgan fingerprint density at radius 1 is 1.30 bits per heavy atom. The highest BCUT2D eigenvalue weighted by atomic mass is 16.5. The fourth-order valence-electron chi connectivity index (χ4n) is 2.25. The first kappa shape index (κ1) is 14.9. The zero-order valence-corrected chi connectivity index (χ0v) is 12.1. The van der Waals surface area contributed by atoms with Crippen molar-refractivity contribution < 1.29 is 24.0 Å². The summed E-state index contributed by atoms with van der Waals surface area (Å²) in [4.78, 5) is 10.7. The van der Waals surface area contributed by atoms with Gasteiger partial charge in [-0.15, -0.1) is 0 Å². The van der Waals surface area contributed by atoms with E-state index in [1.165, 1.54) is 6.07 Å². The molecule has 0 aromatic heterocycles. The Morgan fingerprint density at radius 2 is 2.17 bits per heavy atom. The molecule has 0 fully saturated rings. The minimum absolute atomic E-state index is 0.211. The second-order valence-corrected chi connectivity index (χ2v) is 4.98. The van der Waals surface area contributed by atoms with E-state index >= 15 is 0 Å². The Bertz CT molecular complexity index is 800. The van der Waals surface area contributed by atoms with Crippen molar-refractivity contribution in [3.63, 3.8) is 0 Å². The third-order valence-corrected chi connectivity index (χ3v) is 3.34. The Kier molecular flexibility index (Phi) is 4.17. The van der Waals surface area contributed by atoms with Crippen LogP contribution in [0.15, 0.2) is 36.4 Å². The summed E-state index contributed by atoms with van der Waals surface area (Å²) in [5, 5.41) is 17.7. The lowest BCUT2D eigenvalue weighted by molar-refractivity contribution is -0.139. The lowest BCUT2D eigenvalue weighted by Gasteiger charge is -2.12. The molecule has 7 heteroatoms. The molecule has 23 heavy (non-hydrogen) atoms. The molecule has 0 bridgehead atoms. The van der Waals surface area contributed by atoms with Crippen molar-refractivity contribution in [2.45, 2.75) is 6.61 Å². The number of aliphatic carboxylic acids is 1. The molecule has 0 amide bonds. The first-order valence-electron chi connectivity index (χ1n) is 6.92. The zero-order valence-electron chi connectivity index (χ0n) is 12.1. The van der Waals surface area contributed by atoms with Crippen LogP contribution in [0.2, 0.25) is 0 Å². The van der Waals surface area contributed by atoms with Crippen LogP contribution < -0.4 is 14.9 Å². The van der Waals surface area contributed by atoms with Crippen molar-refractivity contribution in [3.05, 3.63) is 47.5 Å². The summed E-state index contributed by atoms with van der Waals surface area (Å²) in [6.07, 6.45) is 0. The number of carboxylic acid groups (broad SMARTS) is 1. The highest BCUT2D eigenvalue weighted by molar-refractivity contribution is 6.48. The second kappa shape index (κ2) is 6.42. The van der Waals surface area contributed by atoms with Crippen LogP contribution >= 0.6 is 0 Å². The molecule has 2 aromatic rings. The third-order valence-electron chi connectivity index (χ3n) is 3.34. The SMILES string of the molecule is N#Cc1ccc(Oc2ccc3c(c2)COB3)c(OCC(=O)O)c1. The predicted octanol–water partition coefficient (Wildman–Crippen LogP) is 1.32. The van der Waals surface area contributed by atoms with Crippen LogP contribution in [0.25, 0.3) is 0 Å². The molecule has 1 aliphatic rings. The first-order valence-corrected chi connectivity index (χ1v) is 6.92. The van der Waals surface area contributed by atoms with Gasteiger partial charge in [0.25, 0.3) is 0 Å². The normalized spacial score (nSPS) is 12.0. The van der Waals surface area contributed by atoms with Crippen LogP contribution in [-0.4, -0.2) is 25.2 Å². The lowest BCUT2D eigenvalue weighted by Crippen LogP contribution is -2.11. The van der Waals surface area contributed by atoms with Crippen molar-refractivity contribution >= 4 is 18.9 Å². The number of nitrogens with zero attached hydrogens (tertiary/aromatic N) is 1. The predicted molar refractivity (Wildman–Crippen MR) is 82.4 cm³/mol. The lowest BCUT2D eigenvalue weighted by atomic mass is 9.87. The second-order valence-electron chi connectivity index (χ2n) is 4.98. The minimum atomic E-state index is -1.10. The maximum absolute atomic E-state index is 10.7. The van der Waals surface area contributed by atoms with E-state index in [4.69, 9.17) is 24.5 Å². The van der Waals surface area contributed by atoms with Gasteiger partial charge in [-0.3, -0.25) is 0 Å². The molecule has 0 aliphatic carbocycles. The van der Waals surface area contributed by atoms with Gasteiger partial charge in [-0.1, -0.05) is 6.07 Å². The van der Waals surface area contributed by atoms with Crippen LogP contribution in [0.5, 0.6) is 17.2 Å². The molecule has 0 saturated heterocycles. The van der Waals surface area contributed by atoms with E-state index in [9.17, 15) is 4.79 Å². The molecule has 0 spiro atoms. The van der Waals surface area contributed by atoms with Crippen molar-refractivity contribution in [2.75, 3.05) is 6.61 Å². The maximum atomic E-state index is 10.7. The zero-order chi connectivity index (χ0) is 16.2. The van der Waals surface area contributed by atoms with E-state index in [1.54, 1.807) is 12.1 Å². The molecule has 114 valence electrons. The number of fused-ring (bicyclic) bond motifs is 1. The van der Waals surface area contributed by atoms with Gasteiger partial charge in [0.2, 0.25) is 0 Å². The quantitative estimate of drug-likeness (QED) is 0.838. The number of ether oxygens (including phenoxy) is 2. The Morgan fingerprint density at radius 3 is 2.96 bits per heavy atom. The monoisotopic (exact) mass is 309 g/mol. The summed E-state index contributed by atoms with van der Waals surface area (Å²) < 4.78 is 16.3. The molecule has 1 N–H and O–H groups in total. The van der Waals surface area contributed by atoms with Crippen molar-refractivity contribution in [3.8, 4) is 23.3 Å². The molecule has 1 aliphatic heterocycles. The van der Waals surface area contributed by atoms with Gasteiger partial charge >= 0.3 is 13.5 Å². The third kappa shape index (κ3) is 3.44. The molecule has 1 heterocycles. The number of nitriles is 1. The summed E-state index contributed by atoms with van der Waals surface area (Å²) in [5.41, 5.74) is 2.55. The van der Waals surface area contributed by atoms with E-state index in [1.807, 2.05) is 24.3 Å². The standard InChI is InChI=1S/C16H12BNO5/c18-7-10-1-4-14(15(5-10)21-9-16(19)20)23-12-2-3-13-11(6-12)8-22-17-13/h1-6,17H,8-9H2,(H,19,20). The fourth-order valence-corrected chi connectivity index (χ4v) is 2.25. The van der Waals surface area contributed by atoms with Gasteiger partial charge < -0.3 is 19.2 Å². The van der Waals surface area contributed by atoms with E-state index in [0.717, 1.165) is 11.0 Å². The largest absolute Gasteiger partial charge is 0.479 e. The van der Waals surface area contributed by atoms with Gasteiger partial charge in [0.15, 0.2) is 18.1 Å². The number of carboxylic acids is 1. The first-order chi connectivity index (χ1) is 11.2. The molecule has 0 radical (unpaired) electrons. The van der Waals surface area contributed by atoms with Crippen LogP contribution in [-0.2, 0) is 16.1 Å². The van der Waals surface area contributed by atoms with E-state index in [0.29, 0.717) is 31.2 Å². The van der Waals surface area contributed by atoms with Gasteiger partial charge in [-0.2, -0.15) is 5.26 Å². The van der Waals surface area contributed by atoms with Crippen molar-refractivity contribution in [1.29, 1.82) is 5.26 Å². The highest BCUT2D eigenvalue weighted by Gasteiger charge is 2.15. The smallest absolute Gasteiger partial charge is 0.341 e. The molecule has 0 saturated carbocycles. The average Bonchev–Trinajstić information content (AvgIpc) is 3.01. The maximum Gasteiger partial charge on any atom is 0.341 e. The number of rotatable bonds is 5. The summed E-state index contributed by atoms with van der Waals surface area (Å²) in [5.74, 6) is 0.0550. The van der Waals surface area contributed by atoms with Gasteiger partial charge in [0, 0.05) is 6.07 Å². The van der Waals surface area contributed by atoms with Gasteiger partial charge in [-0.25, -0.2) is 4.79 Å². The molecular formula is C16H12BNO5. The topological polar surface area (TPSA) is 88.8 Å². The molecule has 0 atom stereocenters. The summed E-state index contributed by atoms with van der Waals surface area (Å²) in [7, 11) is 0.597. The van der Waals surface area contributed by atoms with Gasteiger partial charge in [0.1, 0.15) is 5.75 Å². The molecule has 2 aromatic carbocycles. The number of hydrogen-bond acceptors (Lipinski definition) is 5. The van der Waals surface area contributed by atoms with Crippen molar-refractivity contribution in [2.24, 2.45) is 0 Å². The highest BCUT2D eigenvalue weighted by Crippen LogP contribution is 2.33. The molecule has 6 nitrogen and oxygen atoms in total. The number of benzene rings is 2. The fraction of sp³-hybridized carbons (Fsp3) is 0.125. The van der Waals surface area contributed by atoms with Gasteiger partial charge in [-0.05, 0) is 35.3 Å². The Balaban J connectivity index is 1.86. The molecule has 3 rings (SSSR count). The number of carbonyl (C=O) groups is 1. The molecular weight excluding hydrogens is 297 g/mol. The Labute approximate surface area is 133 Å². The Hall–Kier alpha value is -2.98. The average molecular weight is 309 g/mol.